The Hall–Kier alpha value is -1.62. The highest BCUT2D eigenvalue weighted by atomic mass is 19.1. The minimum Gasteiger partial charge on any atom is -0.507 e. The van der Waals surface area contributed by atoms with E-state index in [2.05, 4.69) is 5.32 Å². The van der Waals surface area contributed by atoms with Crippen LogP contribution in [-0.4, -0.2) is 23.6 Å². The molecule has 0 bridgehead atoms. The van der Waals surface area contributed by atoms with Crippen molar-refractivity contribution in [2.24, 2.45) is 11.7 Å². The van der Waals surface area contributed by atoms with E-state index < -0.39 is 11.7 Å². The van der Waals surface area contributed by atoms with Crippen molar-refractivity contribution in [3.8, 4) is 5.75 Å². The zero-order valence-corrected chi connectivity index (χ0v) is 10.7. The van der Waals surface area contributed by atoms with Gasteiger partial charge in [0.05, 0.1) is 0 Å². The largest absolute Gasteiger partial charge is 0.507 e. The summed E-state index contributed by atoms with van der Waals surface area (Å²) in [5, 5.41) is 12.2. The van der Waals surface area contributed by atoms with Crippen molar-refractivity contribution in [1.82, 2.24) is 5.32 Å². The van der Waals surface area contributed by atoms with Gasteiger partial charge in [-0.3, -0.25) is 4.79 Å². The molecular weight excluding hydrogens is 247 g/mol. The molecular formula is C14H19FN2O2. The molecule has 5 heteroatoms. The summed E-state index contributed by atoms with van der Waals surface area (Å²) in [5.41, 5.74) is 5.69. The fraction of sp³-hybridized carbons (Fsp3) is 0.500. The third-order valence-corrected chi connectivity index (χ3v) is 3.71. The van der Waals surface area contributed by atoms with Crippen molar-refractivity contribution in [3.63, 3.8) is 0 Å². The molecule has 4 nitrogen and oxygen atoms in total. The Morgan fingerprint density at radius 1 is 1.42 bits per heavy atom. The number of nitrogens with one attached hydrogen (secondary N) is 1. The molecule has 1 fully saturated rings. The van der Waals surface area contributed by atoms with Crippen LogP contribution < -0.4 is 11.1 Å². The van der Waals surface area contributed by atoms with Crippen molar-refractivity contribution < 1.29 is 14.3 Å². The van der Waals surface area contributed by atoms with Gasteiger partial charge >= 0.3 is 0 Å². The van der Waals surface area contributed by atoms with E-state index in [0.717, 1.165) is 31.7 Å². The first kappa shape index (κ1) is 13.8. The molecule has 19 heavy (non-hydrogen) atoms. The SMILES string of the molecule is NC1CCCCC1CNC(=O)c1c(O)cccc1F. The van der Waals surface area contributed by atoms with Gasteiger partial charge in [-0.15, -0.1) is 0 Å². The average Bonchev–Trinajstić information content (AvgIpc) is 2.37. The summed E-state index contributed by atoms with van der Waals surface area (Å²) in [7, 11) is 0. The molecule has 0 aliphatic heterocycles. The molecule has 0 aromatic heterocycles. The molecule has 2 rings (SSSR count). The summed E-state index contributed by atoms with van der Waals surface area (Å²) < 4.78 is 13.5. The lowest BCUT2D eigenvalue weighted by molar-refractivity contribution is 0.0934. The van der Waals surface area contributed by atoms with Crippen LogP contribution in [0.3, 0.4) is 0 Å². The van der Waals surface area contributed by atoms with Crippen LogP contribution in [0.5, 0.6) is 5.75 Å². The Labute approximate surface area is 111 Å². The van der Waals surface area contributed by atoms with E-state index in [-0.39, 0.29) is 23.3 Å². The van der Waals surface area contributed by atoms with E-state index in [1.165, 1.54) is 12.1 Å². The Balaban J connectivity index is 1.97. The maximum Gasteiger partial charge on any atom is 0.258 e. The molecule has 4 N–H and O–H groups in total. The smallest absolute Gasteiger partial charge is 0.258 e. The van der Waals surface area contributed by atoms with Gasteiger partial charge in [0.25, 0.3) is 5.91 Å². The highest BCUT2D eigenvalue weighted by Crippen LogP contribution is 2.23. The third kappa shape index (κ3) is 3.23. The number of hydrogen-bond donors (Lipinski definition) is 3. The maximum atomic E-state index is 13.5. The zero-order chi connectivity index (χ0) is 13.8. The van der Waals surface area contributed by atoms with Crippen LogP contribution in [0.15, 0.2) is 18.2 Å². The predicted molar refractivity (Wildman–Crippen MR) is 70.3 cm³/mol. The minimum absolute atomic E-state index is 0.0864. The number of amides is 1. The first-order valence-corrected chi connectivity index (χ1v) is 6.61. The second-order valence-corrected chi connectivity index (χ2v) is 5.05. The lowest BCUT2D eigenvalue weighted by atomic mass is 9.85. The maximum absolute atomic E-state index is 13.5. The van der Waals surface area contributed by atoms with Gasteiger partial charge in [0.15, 0.2) is 0 Å². The van der Waals surface area contributed by atoms with Crippen LogP contribution in [0.4, 0.5) is 4.39 Å². The van der Waals surface area contributed by atoms with Crippen LogP contribution in [-0.2, 0) is 0 Å². The van der Waals surface area contributed by atoms with Crippen LogP contribution in [0, 0.1) is 11.7 Å². The van der Waals surface area contributed by atoms with Crippen molar-refractivity contribution in [2.75, 3.05) is 6.54 Å². The highest BCUT2D eigenvalue weighted by molar-refractivity contribution is 5.97. The van der Waals surface area contributed by atoms with Gasteiger partial charge in [-0.25, -0.2) is 4.39 Å². The van der Waals surface area contributed by atoms with Crippen molar-refractivity contribution in [3.05, 3.63) is 29.6 Å². The summed E-state index contributed by atoms with van der Waals surface area (Å²) in [5.74, 6) is -1.42. The summed E-state index contributed by atoms with van der Waals surface area (Å²) in [6, 6.07) is 3.90. The van der Waals surface area contributed by atoms with Crippen LogP contribution in [0.2, 0.25) is 0 Å². The van der Waals surface area contributed by atoms with E-state index in [0.29, 0.717) is 6.54 Å². The Bertz CT molecular complexity index is 445. The van der Waals surface area contributed by atoms with Gasteiger partial charge in [-0.2, -0.15) is 0 Å². The molecule has 0 radical (unpaired) electrons. The average molecular weight is 266 g/mol. The van der Waals surface area contributed by atoms with Gasteiger partial charge in [-0.1, -0.05) is 18.9 Å². The predicted octanol–water partition coefficient (Wildman–Crippen LogP) is 1.78. The number of phenolic OH excluding ortho intramolecular Hbond substituents is 1. The Kier molecular flexibility index (Phi) is 4.37. The van der Waals surface area contributed by atoms with Gasteiger partial charge in [0.2, 0.25) is 0 Å². The monoisotopic (exact) mass is 266 g/mol. The van der Waals surface area contributed by atoms with E-state index in [9.17, 15) is 14.3 Å². The van der Waals surface area contributed by atoms with Crippen molar-refractivity contribution in [1.29, 1.82) is 0 Å². The number of carbonyl (C=O) groups excluding carboxylic acids is 1. The number of carbonyl (C=O) groups is 1. The fourth-order valence-electron chi connectivity index (χ4n) is 2.54. The lowest BCUT2D eigenvalue weighted by Gasteiger charge is -2.28. The standard InChI is InChI=1S/C14H19FN2O2/c15-10-5-3-7-12(18)13(10)14(19)17-8-9-4-1-2-6-11(9)16/h3,5,7,9,11,18H,1-2,4,6,8,16H2,(H,17,19). The van der Waals surface area contributed by atoms with Gasteiger partial charge in [-0.05, 0) is 30.9 Å². The van der Waals surface area contributed by atoms with E-state index in [1.54, 1.807) is 0 Å². The van der Waals surface area contributed by atoms with Crippen molar-refractivity contribution >= 4 is 5.91 Å². The number of hydrogen-bond acceptors (Lipinski definition) is 3. The molecule has 0 heterocycles. The molecule has 0 saturated heterocycles. The number of halogens is 1. The van der Waals surface area contributed by atoms with Crippen molar-refractivity contribution in [2.45, 2.75) is 31.7 Å². The summed E-state index contributed by atoms with van der Waals surface area (Å²) >= 11 is 0. The van der Waals surface area contributed by atoms with Crippen LogP contribution >= 0.6 is 0 Å². The van der Waals surface area contributed by atoms with Crippen LogP contribution in [0.1, 0.15) is 36.0 Å². The van der Waals surface area contributed by atoms with Gasteiger partial charge in [0.1, 0.15) is 17.1 Å². The summed E-state index contributed by atoms with van der Waals surface area (Å²) in [6.45, 7) is 0.424. The van der Waals surface area contributed by atoms with E-state index in [1.807, 2.05) is 0 Å². The Morgan fingerprint density at radius 3 is 2.84 bits per heavy atom. The first-order valence-electron chi connectivity index (χ1n) is 6.61. The molecule has 1 aromatic carbocycles. The number of nitrogens with two attached hydrogens (primary N) is 1. The molecule has 1 aliphatic rings. The van der Waals surface area contributed by atoms with Gasteiger partial charge < -0.3 is 16.2 Å². The molecule has 1 aromatic rings. The normalized spacial score (nSPS) is 23.1. The highest BCUT2D eigenvalue weighted by Gasteiger charge is 2.23. The number of benzene rings is 1. The molecule has 0 spiro atoms. The van der Waals surface area contributed by atoms with E-state index in [4.69, 9.17) is 5.73 Å². The molecule has 104 valence electrons. The minimum atomic E-state index is -0.717. The quantitative estimate of drug-likeness (QED) is 0.780. The third-order valence-electron chi connectivity index (χ3n) is 3.71. The molecule has 1 aliphatic carbocycles. The first-order chi connectivity index (χ1) is 9.09. The summed E-state index contributed by atoms with van der Waals surface area (Å²) in [4.78, 5) is 11.9. The number of rotatable bonds is 3. The molecule has 1 saturated carbocycles. The second-order valence-electron chi connectivity index (χ2n) is 5.05. The van der Waals surface area contributed by atoms with Gasteiger partial charge in [0, 0.05) is 12.6 Å². The zero-order valence-electron chi connectivity index (χ0n) is 10.7. The fourth-order valence-corrected chi connectivity index (χ4v) is 2.54. The Morgan fingerprint density at radius 2 is 2.16 bits per heavy atom. The number of aromatic hydroxyl groups is 1. The van der Waals surface area contributed by atoms with E-state index >= 15 is 0 Å². The lowest BCUT2D eigenvalue weighted by Crippen LogP contribution is -2.41. The topological polar surface area (TPSA) is 75.3 Å². The molecule has 2 unspecified atom stereocenters. The second kappa shape index (κ2) is 6.02. The molecule has 1 amide bonds. The molecule has 2 atom stereocenters. The summed E-state index contributed by atoms with van der Waals surface area (Å²) in [6.07, 6.45) is 4.18. The number of phenols is 1. The van der Waals surface area contributed by atoms with Crippen LogP contribution in [0.25, 0.3) is 0 Å².